The second-order valence-electron chi connectivity index (χ2n) is 10.8. The van der Waals surface area contributed by atoms with Crippen LogP contribution in [0.2, 0.25) is 0 Å². The minimum atomic E-state index is 0.0142. The lowest BCUT2D eigenvalue weighted by Gasteiger charge is -2.20. The van der Waals surface area contributed by atoms with E-state index in [1.165, 1.54) is 11.1 Å². The predicted octanol–water partition coefficient (Wildman–Crippen LogP) is 7.70. The van der Waals surface area contributed by atoms with Crippen LogP contribution in [0.15, 0.2) is 91.3 Å². The Bertz CT molecular complexity index is 1870. The largest absolute Gasteiger partial charge is 0.377 e. The maximum Gasteiger partial charge on any atom is 0.258 e. The number of hydrogen-bond donors (Lipinski definition) is 2. The van der Waals surface area contributed by atoms with E-state index in [1.807, 2.05) is 43.0 Å². The predicted molar refractivity (Wildman–Crippen MR) is 169 cm³/mol. The van der Waals surface area contributed by atoms with E-state index in [2.05, 4.69) is 70.2 Å². The van der Waals surface area contributed by atoms with E-state index in [-0.39, 0.29) is 5.91 Å². The Balaban J connectivity index is 1.18. The Morgan fingerprint density at radius 2 is 1.69 bits per heavy atom. The summed E-state index contributed by atoms with van der Waals surface area (Å²) in [4.78, 5) is 24.3. The Hall–Kier alpha value is -5.01. The number of ether oxygens (including phenoxy) is 1. The van der Waals surface area contributed by atoms with Gasteiger partial charge in [-0.2, -0.15) is 0 Å². The molecule has 2 N–H and O–H groups in total. The Kier molecular flexibility index (Phi) is 6.64. The highest BCUT2D eigenvalue weighted by molar-refractivity contribution is 6.11. The Labute approximate surface area is 244 Å². The number of pyridine rings is 2. The van der Waals surface area contributed by atoms with Crippen LogP contribution in [0, 0.1) is 13.8 Å². The number of amides is 1. The molecule has 4 heterocycles. The molecule has 0 radical (unpaired) electrons. The standard InChI is InChI=1S/C35H31N5O2/c1-22-3-5-29(39-33-17-23(2)37-32-8-4-25(19-31(32)33)24-11-15-42-16-12-24)20-34(22)40-21-26-18-28(6-7-30(26)35(40)41)38-27-9-13-36-14-10-27/h3-11,13-14,17-20H,12,15-16,21H2,1-2H3,(H,36,38)(H,37,39). The average Bonchev–Trinajstić information content (AvgIpc) is 3.34. The van der Waals surface area contributed by atoms with Gasteiger partial charge in [0, 0.05) is 57.5 Å². The maximum absolute atomic E-state index is 13.6. The molecular formula is C35H31N5O2. The zero-order chi connectivity index (χ0) is 28.6. The fourth-order valence-corrected chi connectivity index (χ4v) is 5.78. The number of nitrogens with zero attached hydrogens (tertiary/aromatic N) is 3. The fraction of sp³-hybridized carbons (Fsp3) is 0.171. The van der Waals surface area contributed by atoms with Crippen LogP contribution in [0.5, 0.6) is 0 Å². The van der Waals surface area contributed by atoms with Gasteiger partial charge in [0.05, 0.1) is 25.3 Å². The second-order valence-corrected chi connectivity index (χ2v) is 10.8. The third-order valence-electron chi connectivity index (χ3n) is 7.93. The smallest absolute Gasteiger partial charge is 0.258 e. The molecular weight excluding hydrogens is 522 g/mol. The van der Waals surface area contributed by atoms with Crippen molar-refractivity contribution in [2.75, 3.05) is 28.7 Å². The number of carbonyl (C=O) groups excluding carboxylic acids is 1. The van der Waals surface area contributed by atoms with Crippen molar-refractivity contribution in [3.8, 4) is 0 Å². The van der Waals surface area contributed by atoms with Crippen molar-refractivity contribution in [3.05, 3.63) is 119 Å². The third kappa shape index (κ3) is 4.99. The van der Waals surface area contributed by atoms with Crippen molar-refractivity contribution in [1.29, 1.82) is 0 Å². The van der Waals surface area contributed by atoms with Gasteiger partial charge >= 0.3 is 0 Å². The summed E-state index contributed by atoms with van der Waals surface area (Å²) >= 11 is 0. The first-order valence-electron chi connectivity index (χ1n) is 14.2. The number of aryl methyl sites for hydroxylation is 2. The van der Waals surface area contributed by atoms with E-state index < -0.39 is 0 Å². The van der Waals surface area contributed by atoms with E-state index in [0.29, 0.717) is 13.2 Å². The molecule has 7 rings (SSSR count). The zero-order valence-electron chi connectivity index (χ0n) is 23.6. The van der Waals surface area contributed by atoms with Crippen molar-refractivity contribution in [3.63, 3.8) is 0 Å². The zero-order valence-corrected chi connectivity index (χ0v) is 23.6. The topological polar surface area (TPSA) is 79.4 Å². The molecule has 0 spiro atoms. The van der Waals surface area contributed by atoms with Gasteiger partial charge in [-0.25, -0.2) is 0 Å². The summed E-state index contributed by atoms with van der Waals surface area (Å²) in [6, 6.07) is 24.5. The summed E-state index contributed by atoms with van der Waals surface area (Å²) in [5, 5.41) is 8.11. The van der Waals surface area contributed by atoms with Crippen molar-refractivity contribution >= 4 is 50.8 Å². The van der Waals surface area contributed by atoms with E-state index >= 15 is 0 Å². The summed E-state index contributed by atoms with van der Waals surface area (Å²) in [6.07, 6.45) is 6.57. The number of anilines is 5. The van der Waals surface area contributed by atoms with Crippen LogP contribution >= 0.6 is 0 Å². The third-order valence-corrected chi connectivity index (χ3v) is 7.93. The normalized spacial score (nSPS) is 14.6. The molecule has 0 saturated heterocycles. The molecule has 208 valence electrons. The van der Waals surface area contributed by atoms with Gasteiger partial charge in [0.15, 0.2) is 0 Å². The first-order chi connectivity index (χ1) is 20.5. The molecule has 0 aliphatic carbocycles. The minimum absolute atomic E-state index is 0.0142. The monoisotopic (exact) mass is 553 g/mol. The van der Waals surface area contributed by atoms with Gasteiger partial charge < -0.3 is 20.3 Å². The highest BCUT2D eigenvalue weighted by atomic mass is 16.5. The number of benzene rings is 3. The van der Waals surface area contributed by atoms with Gasteiger partial charge in [-0.05, 0) is 103 Å². The van der Waals surface area contributed by atoms with E-state index in [0.717, 1.165) is 74.8 Å². The van der Waals surface area contributed by atoms with Crippen LogP contribution in [0.4, 0.5) is 28.4 Å². The lowest BCUT2D eigenvalue weighted by molar-refractivity contribution is 0.0996. The summed E-state index contributed by atoms with van der Waals surface area (Å²) in [6.45, 7) is 5.97. The summed E-state index contributed by atoms with van der Waals surface area (Å²) < 4.78 is 5.51. The maximum atomic E-state index is 13.6. The van der Waals surface area contributed by atoms with Gasteiger partial charge in [0.2, 0.25) is 0 Å². The summed E-state index contributed by atoms with van der Waals surface area (Å²) in [5.74, 6) is 0.0142. The average molecular weight is 554 g/mol. The molecule has 2 aliphatic heterocycles. The van der Waals surface area contributed by atoms with Crippen molar-refractivity contribution in [2.24, 2.45) is 0 Å². The SMILES string of the molecule is Cc1cc(Nc2ccc(C)c(N3Cc4cc(Nc5ccncc5)ccc4C3=O)c2)c2cc(C3=CCOCC3)ccc2n1. The fourth-order valence-electron chi connectivity index (χ4n) is 5.78. The van der Waals surface area contributed by atoms with E-state index in [1.54, 1.807) is 12.4 Å². The molecule has 0 saturated carbocycles. The van der Waals surface area contributed by atoms with Crippen LogP contribution in [-0.2, 0) is 11.3 Å². The highest BCUT2D eigenvalue weighted by Crippen LogP contribution is 2.36. The molecule has 0 atom stereocenters. The number of nitrogens with one attached hydrogen (secondary N) is 2. The summed E-state index contributed by atoms with van der Waals surface area (Å²) in [5.41, 5.74) is 11.9. The van der Waals surface area contributed by atoms with Crippen LogP contribution < -0.4 is 15.5 Å². The minimum Gasteiger partial charge on any atom is -0.377 e. The van der Waals surface area contributed by atoms with Gasteiger partial charge in [-0.1, -0.05) is 18.2 Å². The molecule has 1 amide bonds. The van der Waals surface area contributed by atoms with Crippen LogP contribution in [-0.4, -0.2) is 29.1 Å². The Morgan fingerprint density at radius 3 is 2.52 bits per heavy atom. The number of aromatic nitrogens is 2. The van der Waals surface area contributed by atoms with Crippen LogP contribution in [0.1, 0.15) is 39.2 Å². The van der Waals surface area contributed by atoms with Gasteiger partial charge in [-0.3, -0.25) is 14.8 Å². The molecule has 0 fully saturated rings. The van der Waals surface area contributed by atoms with Crippen molar-refractivity contribution < 1.29 is 9.53 Å². The van der Waals surface area contributed by atoms with E-state index in [4.69, 9.17) is 9.72 Å². The van der Waals surface area contributed by atoms with Crippen LogP contribution in [0.3, 0.4) is 0 Å². The lowest BCUT2D eigenvalue weighted by atomic mass is 9.99. The summed E-state index contributed by atoms with van der Waals surface area (Å²) in [7, 11) is 0. The first kappa shape index (κ1) is 25.9. The molecule has 3 aromatic carbocycles. The molecule has 0 bridgehead atoms. The quantitative estimate of drug-likeness (QED) is 0.224. The highest BCUT2D eigenvalue weighted by Gasteiger charge is 2.30. The molecule has 0 unspecified atom stereocenters. The van der Waals surface area contributed by atoms with Gasteiger partial charge in [0.1, 0.15) is 0 Å². The number of fused-ring (bicyclic) bond motifs is 2. The van der Waals surface area contributed by atoms with Crippen molar-refractivity contribution in [1.82, 2.24) is 9.97 Å². The van der Waals surface area contributed by atoms with Gasteiger partial charge in [0.25, 0.3) is 5.91 Å². The number of carbonyl (C=O) groups is 1. The molecule has 7 heteroatoms. The van der Waals surface area contributed by atoms with Crippen LogP contribution in [0.25, 0.3) is 16.5 Å². The molecule has 7 nitrogen and oxygen atoms in total. The Morgan fingerprint density at radius 1 is 0.857 bits per heavy atom. The van der Waals surface area contributed by atoms with Crippen molar-refractivity contribution in [2.45, 2.75) is 26.8 Å². The molecule has 2 aliphatic rings. The number of rotatable bonds is 6. The molecule has 5 aromatic rings. The second kappa shape index (κ2) is 10.8. The number of hydrogen-bond acceptors (Lipinski definition) is 6. The lowest BCUT2D eigenvalue weighted by Crippen LogP contribution is -2.23. The first-order valence-corrected chi connectivity index (χ1v) is 14.2. The molecule has 2 aromatic heterocycles. The van der Waals surface area contributed by atoms with E-state index in [9.17, 15) is 4.79 Å². The molecule has 42 heavy (non-hydrogen) atoms. The van der Waals surface area contributed by atoms with Gasteiger partial charge in [-0.15, -0.1) is 0 Å².